The van der Waals surface area contributed by atoms with Gasteiger partial charge in [0, 0.05) is 13.5 Å². The Morgan fingerprint density at radius 1 is 1.59 bits per heavy atom. The van der Waals surface area contributed by atoms with Gasteiger partial charge in [-0.2, -0.15) is 0 Å². The lowest BCUT2D eigenvalue weighted by atomic mass is 10.4. The van der Waals surface area contributed by atoms with Crippen LogP contribution in [-0.4, -0.2) is 46.1 Å². The number of hydrogen-bond donors (Lipinski definition) is 1. The summed E-state index contributed by atoms with van der Waals surface area (Å²) < 4.78 is 1.62. The molecule has 0 unspecified atom stereocenters. The molecular weight excluding hydrogens is 222 g/mol. The average Bonchev–Trinajstić information content (AvgIpc) is 2.65. The minimum absolute atomic E-state index is 0.0507. The highest BCUT2D eigenvalue weighted by Gasteiger charge is 2.17. The Balaban J connectivity index is 2.56. The summed E-state index contributed by atoms with van der Waals surface area (Å²) in [5, 5.41) is 10.8. The molecule has 1 rings (SSSR count). The van der Waals surface area contributed by atoms with Crippen molar-refractivity contribution in [1.82, 2.24) is 14.5 Å². The van der Waals surface area contributed by atoms with Crippen molar-refractivity contribution in [2.24, 2.45) is 5.73 Å². The lowest BCUT2D eigenvalue weighted by Gasteiger charge is -2.15. The number of hydrogen-bond acceptors (Lipinski definition) is 5. The number of likely N-dealkylation sites (N-methyl/N-ethyl adjacent to an activating group) is 1. The molecule has 96 valence electrons. The van der Waals surface area contributed by atoms with Crippen LogP contribution in [0.1, 0.15) is 12.2 Å². The van der Waals surface area contributed by atoms with Crippen molar-refractivity contribution in [2.45, 2.75) is 19.9 Å². The number of nitro groups is 1. The smallest absolute Gasteiger partial charge is 0.342 e. The first kappa shape index (κ1) is 13.6. The van der Waals surface area contributed by atoms with E-state index in [1.165, 1.54) is 6.20 Å². The lowest BCUT2D eigenvalue weighted by Crippen LogP contribution is -2.26. The Kier molecular flexibility index (Phi) is 5.05. The molecule has 0 aliphatic heterocycles. The van der Waals surface area contributed by atoms with Crippen LogP contribution in [-0.2, 0) is 6.54 Å². The molecule has 0 aliphatic rings. The van der Waals surface area contributed by atoms with Gasteiger partial charge in [-0.25, -0.2) is 9.55 Å². The summed E-state index contributed by atoms with van der Waals surface area (Å²) in [6.45, 7) is 4.65. The normalized spacial score (nSPS) is 11.1. The fraction of sp³-hybridized carbons (Fsp3) is 0.700. The maximum absolute atomic E-state index is 10.8. The standard InChI is InChI=1S/C10H19N5O2/c1-9-12-8-10(15(16)17)14(9)7-6-13(2)5-3-4-11/h8H,3-7,11H2,1-2H3. The molecule has 0 aromatic carbocycles. The summed E-state index contributed by atoms with van der Waals surface area (Å²) in [6, 6.07) is 0. The van der Waals surface area contributed by atoms with E-state index in [0.29, 0.717) is 18.9 Å². The zero-order chi connectivity index (χ0) is 12.8. The van der Waals surface area contributed by atoms with Gasteiger partial charge >= 0.3 is 5.82 Å². The summed E-state index contributed by atoms with van der Waals surface area (Å²) in [4.78, 5) is 16.4. The van der Waals surface area contributed by atoms with E-state index >= 15 is 0 Å². The van der Waals surface area contributed by atoms with Crippen LogP contribution in [0.2, 0.25) is 0 Å². The Bertz CT molecular complexity index is 377. The van der Waals surface area contributed by atoms with Gasteiger partial charge in [0.1, 0.15) is 12.7 Å². The van der Waals surface area contributed by atoms with Gasteiger partial charge in [0.05, 0.1) is 0 Å². The van der Waals surface area contributed by atoms with Crippen LogP contribution in [0.25, 0.3) is 0 Å². The molecule has 0 bridgehead atoms. The molecule has 0 spiro atoms. The van der Waals surface area contributed by atoms with Gasteiger partial charge in [-0.1, -0.05) is 0 Å². The number of aryl methyl sites for hydroxylation is 1. The summed E-state index contributed by atoms with van der Waals surface area (Å²) in [7, 11) is 1.98. The molecular formula is C10H19N5O2. The van der Waals surface area contributed by atoms with Gasteiger partial charge in [-0.3, -0.25) is 0 Å². The molecule has 1 aromatic heterocycles. The minimum Gasteiger partial charge on any atom is -0.358 e. The van der Waals surface area contributed by atoms with Crippen molar-refractivity contribution in [3.8, 4) is 0 Å². The topological polar surface area (TPSA) is 90.2 Å². The highest BCUT2D eigenvalue weighted by Crippen LogP contribution is 2.13. The quantitative estimate of drug-likeness (QED) is 0.550. The van der Waals surface area contributed by atoms with E-state index < -0.39 is 4.92 Å². The third-order valence-corrected chi connectivity index (χ3v) is 2.67. The first-order valence-corrected chi connectivity index (χ1v) is 5.61. The number of nitrogens with zero attached hydrogens (tertiary/aromatic N) is 4. The van der Waals surface area contributed by atoms with Crippen molar-refractivity contribution < 1.29 is 4.92 Å². The van der Waals surface area contributed by atoms with E-state index in [1.807, 2.05) is 7.05 Å². The minimum atomic E-state index is -0.403. The zero-order valence-corrected chi connectivity index (χ0v) is 10.3. The monoisotopic (exact) mass is 241 g/mol. The zero-order valence-electron chi connectivity index (χ0n) is 10.3. The highest BCUT2D eigenvalue weighted by atomic mass is 16.6. The van der Waals surface area contributed by atoms with Gasteiger partial charge in [0.15, 0.2) is 5.82 Å². The van der Waals surface area contributed by atoms with Crippen LogP contribution in [0.15, 0.2) is 6.20 Å². The van der Waals surface area contributed by atoms with Gasteiger partial charge in [-0.15, -0.1) is 0 Å². The first-order valence-electron chi connectivity index (χ1n) is 5.61. The third kappa shape index (κ3) is 3.79. The molecule has 0 saturated carbocycles. The van der Waals surface area contributed by atoms with Crippen LogP contribution in [0.4, 0.5) is 5.82 Å². The molecule has 7 nitrogen and oxygen atoms in total. The summed E-state index contributed by atoms with van der Waals surface area (Å²) in [5.41, 5.74) is 5.42. The van der Waals surface area contributed by atoms with E-state index in [9.17, 15) is 10.1 Å². The molecule has 0 aliphatic carbocycles. The van der Waals surface area contributed by atoms with Crippen molar-refractivity contribution in [3.63, 3.8) is 0 Å². The summed E-state index contributed by atoms with van der Waals surface area (Å²) in [6.07, 6.45) is 2.23. The first-order chi connectivity index (χ1) is 8.06. The van der Waals surface area contributed by atoms with Crippen LogP contribution >= 0.6 is 0 Å². The predicted octanol–water partition coefficient (Wildman–Crippen LogP) is 0.380. The van der Waals surface area contributed by atoms with E-state index in [-0.39, 0.29) is 5.82 Å². The Morgan fingerprint density at radius 2 is 2.29 bits per heavy atom. The van der Waals surface area contributed by atoms with Crippen LogP contribution in [0.5, 0.6) is 0 Å². The highest BCUT2D eigenvalue weighted by molar-refractivity contribution is 5.18. The molecule has 1 aromatic rings. The second-order valence-electron chi connectivity index (χ2n) is 4.02. The Hall–Kier alpha value is -1.47. The Labute approximate surface area is 100 Å². The van der Waals surface area contributed by atoms with E-state index in [0.717, 1.165) is 19.5 Å². The van der Waals surface area contributed by atoms with E-state index in [1.54, 1.807) is 11.5 Å². The van der Waals surface area contributed by atoms with Gasteiger partial charge < -0.3 is 20.7 Å². The Morgan fingerprint density at radius 3 is 2.88 bits per heavy atom. The molecule has 7 heteroatoms. The fourth-order valence-electron chi connectivity index (χ4n) is 1.62. The van der Waals surface area contributed by atoms with Crippen molar-refractivity contribution in [1.29, 1.82) is 0 Å². The average molecular weight is 241 g/mol. The van der Waals surface area contributed by atoms with Crippen molar-refractivity contribution in [2.75, 3.05) is 26.7 Å². The summed E-state index contributed by atoms with van der Waals surface area (Å²) >= 11 is 0. The van der Waals surface area contributed by atoms with Crippen molar-refractivity contribution in [3.05, 3.63) is 22.1 Å². The SMILES string of the molecule is Cc1ncc([N+](=O)[O-])n1CCN(C)CCCN. The maximum Gasteiger partial charge on any atom is 0.342 e. The fourth-order valence-corrected chi connectivity index (χ4v) is 1.62. The second-order valence-corrected chi connectivity index (χ2v) is 4.02. The third-order valence-electron chi connectivity index (χ3n) is 2.67. The number of nitrogens with two attached hydrogens (primary N) is 1. The molecule has 0 amide bonds. The van der Waals surface area contributed by atoms with Crippen LogP contribution in [0.3, 0.4) is 0 Å². The summed E-state index contributed by atoms with van der Waals surface area (Å²) in [5.74, 6) is 0.721. The number of imidazole rings is 1. The van der Waals surface area contributed by atoms with Crippen molar-refractivity contribution >= 4 is 5.82 Å². The molecule has 1 heterocycles. The van der Waals surface area contributed by atoms with Crippen LogP contribution in [0, 0.1) is 17.0 Å². The van der Waals surface area contributed by atoms with Gasteiger partial charge in [-0.05, 0) is 31.5 Å². The number of rotatable bonds is 7. The van der Waals surface area contributed by atoms with Gasteiger partial charge in [0.2, 0.25) is 0 Å². The van der Waals surface area contributed by atoms with E-state index in [4.69, 9.17) is 5.73 Å². The van der Waals surface area contributed by atoms with E-state index in [2.05, 4.69) is 9.88 Å². The van der Waals surface area contributed by atoms with Crippen LogP contribution < -0.4 is 5.73 Å². The second kappa shape index (κ2) is 6.31. The largest absolute Gasteiger partial charge is 0.358 e. The molecule has 0 radical (unpaired) electrons. The maximum atomic E-state index is 10.8. The molecule has 0 atom stereocenters. The van der Waals surface area contributed by atoms with Gasteiger partial charge in [0.25, 0.3) is 0 Å². The molecule has 2 N–H and O–H groups in total. The lowest BCUT2D eigenvalue weighted by molar-refractivity contribution is -0.392. The predicted molar refractivity (Wildman–Crippen MR) is 64.8 cm³/mol. The number of aromatic nitrogens is 2. The molecule has 0 fully saturated rings. The molecule has 17 heavy (non-hydrogen) atoms. The molecule has 0 saturated heterocycles.